The highest BCUT2D eigenvalue weighted by atomic mass is 35.5. The zero-order valence-corrected chi connectivity index (χ0v) is 21.0. The van der Waals surface area contributed by atoms with Crippen LogP contribution >= 0.6 is 23.2 Å². The molecule has 1 unspecified atom stereocenters. The Bertz CT molecular complexity index is 1290. The van der Waals surface area contributed by atoms with Crippen LogP contribution in [0.4, 0.5) is 11.5 Å². The SMILES string of the molecule is CCS(=O)(=O)N1CCOC(COc2cc3ncnc(Nc4ccc(Cl)c(Cl)c4)c3cc2OC)C1. The van der Waals surface area contributed by atoms with Gasteiger partial charge in [-0.2, -0.15) is 4.31 Å². The number of rotatable bonds is 8. The lowest BCUT2D eigenvalue weighted by molar-refractivity contribution is -0.0252. The molecule has 0 amide bonds. The van der Waals surface area contributed by atoms with E-state index >= 15 is 0 Å². The quantitative estimate of drug-likeness (QED) is 0.467. The van der Waals surface area contributed by atoms with Crippen LogP contribution in [0, 0.1) is 0 Å². The van der Waals surface area contributed by atoms with Gasteiger partial charge < -0.3 is 19.5 Å². The third kappa shape index (κ3) is 5.47. The van der Waals surface area contributed by atoms with Crippen LogP contribution in [0.1, 0.15) is 6.92 Å². The summed E-state index contributed by atoms with van der Waals surface area (Å²) in [6, 6.07) is 8.73. The monoisotopic (exact) mass is 526 g/mol. The molecule has 0 aliphatic carbocycles. The number of methoxy groups -OCH3 is 1. The van der Waals surface area contributed by atoms with E-state index in [1.165, 1.54) is 17.7 Å². The molecule has 9 nitrogen and oxygen atoms in total. The van der Waals surface area contributed by atoms with Crippen molar-refractivity contribution in [2.75, 3.05) is 44.5 Å². The first-order valence-corrected chi connectivity index (χ1v) is 12.9. The molecule has 0 saturated carbocycles. The second-order valence-corrected chi connectivity index (χ2v) is 10.6. The highest BCUT2D eigenvalue weighted by Gasteiger charge is 2.29. The Balaban J connectivity index is 1.54. The first kappa shape index (κ1) is 24.7. The maximum Gasteiger partial charge on any atom is 0.213 e. The average molecular weight is 527 g/mol. The Labute approximate surface area is 208 Å². The molecule has 1 fully saturated rings. The molecule has 0 spiro atoms. The van der Waals surface area contributed by atoms with Crippen molar-refractivity contribution in [1.29, 1.82) is 0 Å². The summed E-state index contributed by atoms with van der Waals surface area (Å²) in [6.45, 7) is 2.70. The van der Waals surface area contributed by atoms with E-state index in [9.17, 15) is 8.42 Å². The average Bonchev–Trinajstić information content (AvgIpc) is 2.84. The van der Waals surface area contributed by atoms with Crippen molar-refractivity contribution in [2.45, 2.75) is 13.0 Å². The van der Waals surface area contributed by atoms with E-state index in [-0.39, 0.29) is 18.9 Å². The summed E-state index contributed by atoms with van der Waals surface area (Å²) in [5.41, 5.74) is 1.35. The van der Waals surface area contributed by atoms with E-state index < -0.39 is 16.1 Å². The third-order valence-corrected chi connectivity index (χ3v) is 7.97. The van der Waals surface area contributed by atoms with Crippen molar-refractivity contribution < 1.29 is 22.6 Å². The van der Waals surface area contributed by atoms with Crippen LogP contribution in [0.25, 0.3) is 10.9 Å². The molecule has 1 atom stereocenters. The number of aromatic nitrogens is 2. The van der Waals surface area contributed by atoms with Gasteiger partial charge in [0.15, 0.2) is 11.5 Å². The summed E-state index contributed by atoms with van der Waals surface area (Å²) in [6.07, 6.45) is 1.05. The molecule has 34 heavy (non-hydrogen) atoms. The molecular formula is C22H24Cl2N4O5S. The zero-order valence-electron chi connectivity index (χ0n) is 18.6. The van der Waals surface area contributed by atoms with Crippen molar-refractivity contribution in [2.24, 2.45) is 0 Å². The number of hydrogen-bond acceptors (Lipinski definition) is 8. The highest BCUT2D eigenvalue weighted by molar-refractivity contribution is 7.89. The molecule has 0 radical (unpaired) electrons. The van der Waals surface area contributed by atoms with Gasteiger partial charge in [-0.05, 0) is 31.2 Å². The van der Waals surface area contributed by atoms with Crippen LogP contribution in [0.15, 0.2) is 36.7 Å². The molecule has 1 aromatic heterocycles. The largest absolute Gasteiger partial charge is 0.493 e. The zero-order chi connectivity index (χ0) is 24.3. The molecule has 182 valence electrons. The molecule has 3 aromatic rings. The van der Waals surface area contributed by atoms with Crippen LogP contribution in [0.3, 0.4) is 0 Å². The molecule has 2 aromatic carbocycles. The first-order valence-electron chi connectivity index (χ1n) is 10.6. The van der Waals surface area contributed by atoms with E-state index in [0.717, 1.165) is 5.69 Å². The molecular weight excluding hydrogens is 503 g/mol. The summed E-state index contributed by atoms with van der Waals surface area (Å²) in [7, 11) is -1.74. The number of hydrogen-bond donors (Lipinski definition) is 1. The molecule has 1 N–H and O–H groups in total. The van der Waals surface area contributed by atoms with E-state index in [4.69, 9.17) is 37.4 Å². The lowest BCUT2D eigenvalue weighted by Crippen LogP contribution is -2.48. The molecule has 0 bridgehead atoms. The summed E-state index contributed by atoms with van der Waals surface area (Å²) in [5.74, 6) is 1.56. The summed E-state index contributed by atoms with van der Waals surface area (Å²) in [4.78, 5) is 8.69. The van der Waals surface area contributed by atoms with Crippen LogP contribution in [-0.2, 0) is 14.8 Å². The van der Waals surface area contributed by atoms with Gasteiger partial charge in [0.25, 0.3) is 0 Å². The molecule has 2 heterocycles. The van der Waals surface area contributed by atoms with Crippen molar-refractivity contribution in [3.05, 3.63) is 46.7 Å². The number of nitrogens with one attached hydrogen (secondary N) is 1. The Morgan fingerprint density at radius 1 is 1.18 bits per heavy atom. The standard InChI is InChI=1S/C22H24Cl2N4O5S/c1-3-34(29,30)28-6-7-32-15(11-28)12-33-21-10-19-16(9-20(21)31-2)22(26-13-25-19)27-14-4-5-17(23)18(24)8-14/h4-5,8-10,13,15H,3,6-7,11-12H2,1-2H3,(H,25,26,27). The van der Waals surface area contributed by atoms with Gasteiger partial charge in [0, 0.05) is 30.2 Å². The van der Waals surface area contributed by atoms with Crippen LogP contribution in [0.5, 0.6) is 11.5 Å². The van der Waals surface area contributed by atoms with Crippen LogP contribution in [0.2, 0.25) is 10.0 Å². The Morgan fingerprint density at radius 2 is 2.00 bits per heavy atom. The summed E-state index contributed by atoms with van der Waals surface area (Å²) in [5, 5.41) is 4.82. The number of anilines is 2. The van der Waals surface area contributed by atoms with Crippen LogP contribution in [-0.4, -0.2) is 68.0 Å². The minimum atomic E-state index is -3.28. The molecule has 1 aliphatic heterocycles. The van der Waals surface area contributed by atoms with Gasteiger partial charge in [0.2, 0.25) is 10.0 Å². The predicted molar refractivity (Wildman–Crippen MR) is 132 cm³/mol. The van der Waals surface area contributed by atoms with Crippen LogP contribution < -0.4 is 14.8 Å². The molecule has 1 aliphatic rings. The Kier molecular flexibility index (Phi) is 7.63. The number of fused-ring (bicyclic) bond motifs is 1. The molecule has 1 saturated heterocycles. The van der Waals surface area contributed by atoms with Crippen molar-refractivity contribution in [3.8, 4) is 11.5 Å². The second kappa shape index (κ2) is 10.5. The number of benzene rings is 2. The van der Waals surface area contributed by atoms with Crippen molar-refractivity contribution >= 4 is 55.6 Å². The Hall–Kier alpha value is -2.37. The fourth-order valence-corrected chi connectivity index (χ4v) is 4.97. The third-order valence-electron chi connectivity index (χ3n) is 5.39. The fourth-order valence-electron chi connectivity index (χ4n) is 3.56. The lowest BCUT2D eigenvalue weighted by atomic mass is 10.2. The van der Waals surface area contributed by atoms with E-state index in [0.29, 0.717) is 51.4 Å². The Morgan fingerprint density at radius 3 is 2.74 bits per heavy atom. The number of sulfonamides is 1. The molecule has 12 heteroatoms. The minimum absolute atomic E-state index is 0.0530. The molecule has 4 rings (SSSR count). The maximum absolute atomic E-state index is 12.2. The van der Waals surface area contributed by atoms with Gasteiger partial charge in [-0.25, -0.2) is 18.4 Å². The van der Waals surface area contributed by atoms with Gasteiger partial charge in [-0.3, -0.25) is 0 Å². The minimum Gasteiger partial charge on any atom is -0.493 e. The van der Waals surface area contributed by atoms with Gasteiger partial charge >= 0.3 is 0 Å². The van der Waals surface area contributed by atoms with Gasteiger partial charge in [-0.1, -0.05) is 23.2 Å². The normalized spacial score (nSPS) is 17.0. The topological polar surface area (TPSA) is 103 Å². The number of halogens is 2. The number of ether oxygens (including phenoxy) is 3. The maximum atomic E-state index is 12.2. The summed E-state index contributed by atoms with van der Waals surface area (Å²) >= 11 is 12.1. The van der Waals surface area contributed by atoms with E-state index in [2.05, 4.69) is 15.3 Å². The van der Waals surface area contributed by atoms with Crippen molar-refractivity contribution in [1.82, 2.24) is 14.3 Å². The van der Waals surface area contributed by atoms with Crippen molar-refractivity contribution in [3.63, 3.8) is 0 Å². The second-order valence-electron chi connectivity index (χ2n) is 7.56. The van der Waals surface area contributed by atoms with Gasteiger partial charge in [0.05, 0.1) is 35.0 Å². The van der Waals surface area contributed by atoms with E-state index in [1.807, 2.05) is 0 Å². The number of morpholine rings is 1. The predicted octanol–water partition coefficient (Wildman–Crippen LogP) is 4.12. The lowest BCUT2D eigenvalue weighted by Gasteiger charge is -2.31. The van der Waals surface area contributed by atoms with E-state index in [1.54, 1.807) is 37.3 Å². The van der Waals surface area contributed by atoms with Gasteiger partial charge in [-0.15, -0.1) is 0 Å². The van der Waals surface area contributed by atoms with Gasteiger partial charge in [0.1, 0.15) is 24.9 Å². The summed E-state index contributed by atoms with van der Waals surface area (Å²) < 4.78 is 43.0. The fraction of sp³-hybridized carbons (Fsp3) is 0.364. The first-order chi connectivity index (χ1) is 16.3. The highest BCUT2D eigenvalue weighted by Crippen LogP contribution is 2.35. The smallest absolute Gasteiger partial charge is 0.213 e. The number of nitrogens with zero attached hydrogens (tertiary/aromatic N) is 3.